The smallest absolute Gasteiger partial charge is 0.237 e. The molecule has 0 amide bonds. The molecule has 0 fully saturated rings. The fourth-order valence-electron chi connectivity index (χ4n) is 1.62. The lowest BCUT2D eigenvalue weighted by Crippen LogP contribution is -2.35. The molecule has 0 aliphatic carbocycles. The van der Waals surface area contributed by atoms with Gasteiger partial charge in [0.05, 0.1) is 7.11 Å². The zero-order chi connectivity index (χ0) is 12.7. The van der Waals surface area contributed by atoms with Gasteiger partial charge in [0, 0.05) is 26.6 Å². The first-order chi connectivity index (χ1) is 8.28. The van der Waals surface area contributed by atoms with Gasteiger partial charge in [-0.25, -0.2) is 4.98 Å². The van der Waals surface area contributed by atoms with E-state index in [1.54, 1.807) is 33.7 Å². The van der Waals surface area contributed by atoms with E-state index in [-0.39, 0.29) is 6.04 Å². The second kappa shape index (κ2) is 7.16. The van der Waals surface area contributed by atoms with Gasteiger partial charge in [-0.05, 0) is 6.54 Å². The molecule has 17 heavy (non-hydrogen) atoms. The molecule has 0 aromatic carbocycles. The Morgan fingerprint density at radius 2 is 1.82 bits per heavy atom. The van der Waals surface area contributed by atoms with Crippen LogP contribution in [-0.2, 0) is 9.47 Å². The van der Waals surface area contributed by atoms with Gasteiger partial charge in [-0.3, -0.25) is 4.98 Å². The summed E-state index contributed by atoms with van der Waals surface area (Å²) < 4.78 is 15.7. The van der Waals surface area contributed by atoms with Gasteiger partial charge >= 0.3 is 0 Å². The lowest BCUT2D eigenvalue weighted by molar-refractivity contribution is -0.125. The van der Waals surface area contributed by atoms with E-state index in [0.717, 1.165) is 6.54 Å². The Morgan fingerprint density at radius 3 is 2.35 bits per heavy atom. The van der Waals surface area contributed by atoms with Crippen LogP contribution in [-0.4, -0.2) is 44.1 Å². The van der Waals surface area contributed by atoms with E-state index in [0.29, 0.717) is 11.6 Å². The van der Waals surface area contributed by atoms with Crippen LogP contribution in [0.2, 0.25) is 0 Å². The fourth-order valence-corrected chi connectivity index (χ4v) is 1.62. The molecular weight excluding hydrogens is 222 g/mol. The molecular formula is C11H19N3O3. The van der Waals surface area contributed by atoms with Crippen molar-refractivity contribution in [2.24, 2.45) is 0 Å². The van der Waals surface area contributed by atoms with Crippen LogP contribution in [0.15, 0.2) is 12.4 Å². The van der Waals surface area contributed by atoms with Crippen molar-refractivity contribution in [3.63, 3.8) is 0 Å². The van der Waals surface area contributed by atoms with E-state index in [4.69, 9.17) is 14.2 Å². The molecule has 1 aromatic heterocycles. The number of likely N-dealkylation sites (N-methyl/N-ethyl adjacent to an activating group) is 1. The van der Waals surface area contributed by atoms with Crippen LogP contribution in [0.5, 0.6) is 5.88 Å². The Bertz CT molecular complexity index is 331. The predicted octanol–water partition coefficient (Wildman–Crippen LogP) is 0.755. The van der Waals surface area contributed by atoms with E-state index in [9.17, 15) is 0 Å². The van der Waals surface area contributed by atoms with Crippen LogP contribution in [0, 0.1) is 0 Å². The highest BCUT2D eigenvalue weighted by Crippen LogP contribution is 2.24. The maximum atomic E-state index is 5.26. The van der Waals surface area contributed by atoms with Crippen LogP contribution in [0.3, 0.4) is 0 Å². The van der Waals surface area contributed by atoms with Crippen LogP contribution in [0.4, 0.5) is 0 Å². The number of nitrogens with one attached hydrogen (secondary N) is 1. The summed E-state index contributed by atoms with van der Waals surface area (Å²) in [6.07, 6.45) is 2.75. The maximum absolute atomic E-state index is 5.26. The van der Waals surface area contributed by atoms with E-state index < -0.39 is 6.29 Å². The molecule has 1 atom stereocenters. The Kier molecular flexibility index (Phi) is 5.82. The molecule has 0 bridgehead atoms. The fraction of sp³-hybridized carbons (Fsp3) is 0.636. The van der Waals surface area contributed by atoms with E-state index in [1.165, 1.54) is 0 Å². The Hall–Kier alpha value is -1.24. The minimum Gasteiger partial charge on any atom is -0.480 e. The number of hydrogen-bond acceptors (Lipinski definition) is 6. The molecule has 6 nitrogen and oxygen atoms in total. The third-order valence-electron chi connectivity index (χ3n) is 2.34. The summed E-state index contributed by atoms with van der Waals surface area (Å²) in [6, 6.07) is -0.223. The lowest BCUT2D eigenvalue weighted by atomic mass is 10.2. The number of methoxy groups -OCH3 is 3. The molecule has 0 saturated carbocycles. The zero-order valence-corrected chi connectivity index (χ0v) is 10.6. The first kappa shape index (κ1) is 13.8. The van der Waals surface area contributed by atoms with Crippen LogP contribution in [0.25, 0.3) is 0 Å². The Balaban J connectivity index is 3.03. The normalized spacial score (nSPS) is 12.8. The third kappa shape index (κ3) is 3.36. The van der Waals surface area contributed by atoms with Gasteiger partial charge in [0.1, 0.15) is 11.7 Å². The zero-order valence-electron chi connectivity index (χ0n) is 10.6. The monoisotopic (exact) mass is 241 g/mol. The van der Waals surface area contributed by atoms with Crippen molar-refractivity contribution in [3.8, 4) is 5.88 Å². The average Bonchev–Trinajstić information content (AvgIpc) is 2.39. The van der Waals surface area contributed by atoms with Gasteiger partial charge < -0.3 is 19.5 Å². The van der Waals surface area contributed by atoms with Crippen molar-refractivity contribution in [1.29, 1.82) is 0 Å². The van der Waals surface area contributed by atoms with Crippen molar-refractivity contribution >= 4 is 0 Å². The molecule has 96 valence electrons. The molecule has 0 saturated heterocycles. The highest BCUT2D eigenvalue weighted by molar-refractivity contribution is 5.21. The number of rotatable bonds is 7. The minimum absolute atomic E-state index is 0.223. The standard InChI is InChI=1S/C11H19N3O3/c1-5-12-9(11(16-3)17-4)8-10(15-2)14-7-6-13-8/h6-7,9,11-12H,5H2,1-4H3. The molecule has 0 aliphatic heterocycles. The summed E-state index contributed by atoms with van der Waals surface area (Å²) in [5, 5.41) is 3.24. The summed E-state index contributed by atoms with van der Waals surface area (Å²) in [5.74, 6) is 0.470. The summed E-state index contributed by atoms with van der Waals surface area (Å²) in [4.78, 5) is 8.39. The van der Waals surface area contributed by atoms with Gasteiger partial charge in [-0.15, -0.1) is 0 Å². The largest absolute Gasteiger partial charge is 0.480 e. The van der Waals surface area contributed by atoms with Gasteiger partial charge in [-0.1, -0.05) is 6.92 Å². The van der Waals surface area contributed by atoms with Gasteiger partial charge in [-0.2, -0.15) is 0 Å². The molecule has 1 N–H and O–H groups in total. The van der Waals surface area contributed by atoms with E-state index in [1.807, 2.05) is 6.92 Å². The molecule has 1 aromatic rings. The summed E-state index contributed by atoms with van der Waals surface area (Å²) in [5.41, 5.74) is 0.672. The van der Waals surface area contributed by atoms with Crippen LogP contribution < -0.4 is 10.1 Å². The number of aromatic nitrogens is 2. The van der Waals surface area contributed by atoms with E-state index >= 15 is 0 Å². The SMILES string of the molecule is CCNC(c1nccnc1OC)C(OC)OC. The third-order valence-corrected chi connectivity index (χ3v) is 2.34. The average molecular weight is 241 g/mol. The highest BCUT2D eigenvalue weighted by Gasteiger charge is 2.26. The molecule has 1 unspecified atom stereocenters. The molecule has 0 aliphatic rings. The Labute approximate surface area is 101 Å². The second-order valence-corrected chi connectivity index (χ2v) is 3.33. The minimum atomic E-state index is -0.444. The summed E-state index contributed by atoms with van der Waals surface area (Å²) in [7, 11) is 4.73. The van der Waals surface area contributed by atoms with Crippen molar-refractivity contribution in [2.75, 3.05) is 27.9 Å². The van der Waals surface area contributed by atoms with Crippen molar-refractivity contribution in [1.82, 2.24) is 15.3 Å². The molecule has 6 heteroatoms. The molecule has 1 heterocycles. The van der Waals surface area contributed by atoms with E-state index in [2.05, 4.69) is 15.3 Å². The lowest BCUT2D eigenvalue weighted by Gasteiger charge is -2.25. The van der Waals surface area contributed by atoms with Crippen LogP contribution >= 0.6 is 0 Å². The second-order valence-electron chi connectivity index (χ2n) is 3.33. The van der Waals surface area contributed by atoms with Crippen molar-refractivity contribution in [3.05, 3.63) is 18.1 Å². The summed E-state index contributed by atoms with van der Waals surface area (Å²) in [6.45, 7) is 2.76. The molecule has 0 radical (unpaired) electrons. The molecule has 1 rings (SSSR count). The molecule has 0 spiro atoms. The van der Waals surface area contributed by atoms with Gasteiger partial charge in [0.25, 0.3) is 0 Å². The van der Waals surface area contributed by atoms with Gasteiger partial charge in [0.2, 0.25) is 5.88 Å². The first-order valence-electron chi connectivity index (χ1n) is 5.42. The number of nitrogens with zero attached hydrogens (tertiary/aromatic N) is 2. The predicted molar refractivity (Wildman–Crippen MR) is 62.8 cm³/mol. The number of ether oxygens (including phenoxy) is 3. The number of hydrogen-bond donors (Lipinski definition) is 1. The van der Waals surface area contributed by atoms with Crippen molar-refractivity contribution < 1.29 is 14.2 Å². The van der Waals surface area contributed by atoms with Crippen LogP contribution in [0.1, 0.15) is 18.7 Å². The van der Waals surface area contributed by atoms with Gasteiger partial charge in [0.15, 0.2) is 6.29 Å². The Morgan fingerprint density at radius 1 is 1.18 bits per heavy atom. The highest BCUT2D eigenvalue weighted by atomic mass is 16.7. The topological polar surface area (TPSA) is 65.5 Å². The maximum Gasteiger partial charge on any atom is 0.237 e. The first-order valence-corrected chi connectivity index (χ1v) is 5.42. The van der Waals surface area contributed by atoms with Crippen molar-refractivity contribution in [2.45, 2.75) is 19.3 Å². The summed E-state index contributed by atoms with van der Waals surface area (Å²) >= 11 is 0. The quantitative estimate of drug-likeness (QED) is 0.711.